The van der Waals surface area contributed by atoms with Gasteiger partial charge in [-0.05, 0) is 39.7 Å². The van der Waals surface area contributed by atoms with Crippen LogP contribution in [0.3, 0.4) is 0 Å². The normalized spacial score (nSPS) is 11.9. The molecule has 3 rings (SSSR count). The van der Waals surface area contributed by atoms with E-state index in [1.54, 1.807) is 24.3 Å². The Kier molecular flexibility index (Phi) is 3.84. The highest BCUT2D eigenvalue weighted by Crippen LogP contribution is 2.22. The van der Waals surface area contributed by atoms with Gasteiger partial charge in [0.2, 0.25) is 10.0 Å². The number of hydrogen-bond acceptors (Lipinski definition) is 2. The fourth-order valence-corrected chi connectivity index (χ4v) is 4.20. The second kappa shape index (κ2) is 5.63. The number of benzene rings is 2. The van der Waals surface area contributed by atoms with Crippen molar-refractivity contribution in [3.05, 3.63) is 64.8 Å². The number of sulfonamides is 1. The van der Waals surface area contributed by atoms with Gasteiger partial charge < -0.3 is 4.98 Å². The molecule has 6 heteroatoms. The minimum absolute atomic E-state index is 0.241. The lowest BCUT2D eigenvalue weighted by Crippen LogP contribution is -2.23. The number of hydrogen-bond donors (Lipinski definition) is 2. The van der Waals surface area contributed by atoms with Crippen molar-refractivity contribution in [2.75, 3.05) is 0 Å². The van der Waals surface area contributed by atoms with Crippen LogP contribution in [0, 0.1) is 0 Å². The molecule has 0 saturated carbocycles. The van der Waals surface area contributed by atoms with Crippen molar-refractivity contribution in [1.82, 2.24) is 9.71 Å². The number of halogens is 1. The Labute approximate surface area is 131 Å². The standard InChI is InChI=1S/C15H13BrN2O2S/c16-13-6-2-4-8-15(13)21(19,20)18-10-11-9-17-14-7-3-1-5-12(11)14/h1-9,17-18H,10H2. The monoisotopic (exact) mass is 364 g/mol. The van der Waals surface area contributed by atoms with Gasteiger partial charge in [-0.25, -0.2) is 13.1 Å². The molecule has 0 unspecified atom stereocenters. The number of H-pyrrole nitrogens is 1. The molecule has 0 amide bonds. The minimum atomic E-state index is -3.55. The molecule has 3 aromatic rings. The van der Waals surface area contributed by atoms with Crippen LogP contribution in [0.5, 0.6) is 0 Å². The van der Waals surface area contributed by atoms with Crippen LogP contribution in [0.4, 0.5) is 0 Å². The van der Waals surface area contributed by atoms with Crippen molar-refractivity contribution in [2.45, 2.75) is 11.4 Å². The molecule has 0 aliphatic heterocycles. The molecule has 0 aliphatic carbocycles. The smallest absolute Gasteiger partial charge is 0.241 e. The second-order valence-electron chi connectivity index (χ2n) is 4.61. The number of aromatic amines is 1. The first-order valence-electron chi connectivity index (χ1n) is 6.37. The lowest BCUT2D eigenvalue weighted by molar-refractivity contribution is 0.581. The van der Waals surface area contributed by atoms with E-state index in [2.05, 4.69) is 25.6 Å². The molecular formula is C15H13BrN2O2S. The topological polar surface area (TPSA) is 62.0 Å². The van der Waals surface area contributed by atoms with E-state index in [0.717, 1.165) is 16.5 Å². The van der Waals surface area contributed by atoms with Crippen LogP contribution in [0.15, 0.2) is 64.1 Å². The summed E-state index contributed by atoms with van der Waals surface area (Å²) in [6, 6.07) is 14.6. The van der Waals surface area contributed by atoms with E-state index in [0.29, 0.717) is 4.47 Å². The third-order valence-corrected chi connectivity index (χ3v) is 5.67. The zero-order valence-electron chi connectivity index (χ0n) is 11.0. The molecule has 1 aromatic heterocycles. The predicted octanol–water partition coefficient (Wildman–Crippen LogP) is 3.41. The summed E-state index contributed by atoms with van der Waals surface area (Å²) in [5, 5.41) is 1.02. The number of para-hydroxylation sites is 1. The Morgan fingerprint density at radius 1 is 1.05 bits per heavy atom. The lowest BCUT2D eigenvalue weighted by atomic mass is 10.2. The van der Waals surface area contributed by atoms with E-state index >= 15 is 0 Å². The molecule has 0 saturated heterocycles. The molecule has 0 atom stereocenters. The van der Waals surface area contributed by atoms with E-state index in [-0.39, 0.29) is 11.4 Å². The third-order valence-electron chi connectivity index (χ3n) is 3.25. The van der Waals surface area contributed by atoms with Gasteiger partial charge in [0.15, 0.2) is 0 Å². The van der Waals surface area contributed by atoms with Gasteiger partial charge in [0.1, 0.15) is 0 Å². The SMILES string of the molecule is O=S(=O)(NCc1c[nH]c2ccccc12)c1ccccc1Br. The number of rotatable bonds is 4. The van der Waals surface area contributed by atoms with Gasteiger partial charge in [-0.2, -0.15) is 0 Å². The zero-order valence-corrected chi connectivity index (χ0v) is 13.4. The molecule has 0 spiro atoms. The summed E-state index contributed by atoms with van der Waals surface area (Å²) in [6.07, 6.45) is 1.83. The van der Waals surface area contributed by atoms with Crippen LogP contribution in [0.25, 0.3) is 10.9 Å². The first-order valence-corrected chi connectivity index (χ1v) is 8.65. The third kappa shape index (κ3) is 2.88. The second-order valence-corrected chi connectivity index (χ2v) is 7.20. The fraction of sp³-hybridized carbons (Fsp3) is 0.0667. The molecule has 1 heterocycles. The maximum atomic E-state index is 12.3. The molecule has 0 bridgehead atoms. The van der Waals surface area contributed by atoms with Crippen LogP contribution >= 0.6 is 15.9 Å². The van der Waals surface area contributed by atoms with Crippen molar-refractivity contribution in [3.8, 4) is 0 Å². The fourth-order valence-electron chi connectivity index (χ4n) is 2.19. The van der Waals surface area contributed by atoms with E-state index < -0.39 is 10.0 Å². The summed E-state index contributed by atoms with van der Waals surface area (Å²) >= 11 is 3.27. The highest BCUT2D eigenvalue weighted by Gasteiger charge is 2.17. The minimum Gasteiger partial charge on any atom is -0.361 e. The lowest BCUT2D eigenvalue weighted by Gasteiger charge is -2.07. The summed E-state index contributed by atoms with van der Waals surface area (Å²) < 4.78 is 27.9. The van der Waals surface area contributed by atoms with Crippen molar-refractivity contribution >= 4 is 36.9 Å². The Balaban J connectivity index is 1.86. The summed E-state index contributed by atoms with van der Waals surface area (Å²) in [7, 11) is -3.55. The molecule has 2 aromatic carbocycles. The summed E-state index contributed by atoms with van der Waals surface area (Å²) in [5.74, 6) is 0. The Bertz CT molecular complexity index is 887. The average Bonchev–Trinajstić information content (AvgIpc) is 2.89. The molecule has 108 valence electrons. The molecule has 4 nitrogen and oxygen atoms in total. The van der Waals surface area contributed by atoms with Gasteiger partial charge >= 0.3 is 0 Å². The summed E-state index contributed by atoms with van der Waals surface area (Å²) in [6.45, 7) is 0.244. The predicted molar refractivity (Wildman–Crippen MR) is 86.5 cm³/mol. The first kappa shape index (κ1) is 14.3. The zero-order chi connectivity index (χ0) is 14.9. The van der Waals surface area contributed by atoms with E-state index in [9.17, 15) is 8.42 Å². The van der Waals surface area contributed by atoms with E-state index in [1.807, 2.05) is 30.5 Å². The quantitative estimate of drug-likeness (QED) is 0.744. The van der Waals surface area contributed by atoms with Crippen LogP contribution in [-0.4, -0.2) is 13.4 Å². The maximum absolute atomic E-state index is 12.3. The van der Waals surface area contributed by atoms with Crippen molar-refractivity contribution in [3.63, 3.8) is 0 Å². The first-order chi connectivity index (χ1) is 10.1. The van der Waals surface area contributed by atoms with E-state index in [1.165, 1.54) is 0 Å². The average molecular weight is 365 g/mol. The van der Waals surface area contributed by atoms with Gasteiger partial charge in [-0.3, -0.25) is 0 Å². The maximum Gasteiger partial charge on any atom is 0.241 e. The van der Waals surface area contributed by atoms with Crippen LogP contribution in [-0.2, 0) is 16.6 Å². The Morgan fingerprint density at radius 2 is 1.76 bits per heavy atom. The molecule has 0 radical (unpaired) electrons. The van der Waals surface area contributed by atoms with Gasteiger partial charge in [-0.1, -0.05) is 30.3 Å². The van der Waals surface area contributed by atoms with Gasteiger partial charge in [-0.15, -0.1) is 0 Å². The van der Waals surface area contributed by atoms with Crippen molar-refractivity contribution in [1.29, 1.82) is 0 Å². The number of fused-ring (bicyclic) bond motifs is 1. The van der Waals surface area contributed by atoms with Crippen LogP contribution in [0.1, 0.15) is 5.56 Å². The highest BCUT2D eigenvalue weighted by atomic mass is 79.9. The van der Waals surface area contributed by atoms with E-state index in [4.69, 9.17) is 0 Å². The number of aromatic nitrogens is 1. The summed E-state index contributed by atoms with van der Waals surface area (Å²) in [4.78, 5) is 3.37. The van der Waals surface area contributed by atoms with Gasteiger partial charge in [0.05, 0.1) is 4.90 Å². The van der Waals surface area contributed by atoms with Crippen LogP contribution < -0.4 is 4.72 Å². The number of nitrogens with one attached hydrogen (secondary N) is 2. The van der Waals surface area contributed by atoms with Gasteiger partial charge in [0, 0.05) is 28.1 Å². The Hall–Kier alpha value is -1.63. The molecule has 0 fully saturated rings. The van der Waals surface area contributed by atoms with Gasteiger partial charge in [0.25, 0.3) is 0 Å². The van der Waals surface area contributed by atoms with Crippen molar-refractivity contribution < 1.29 is 8.42 Å². The molecule has 21 heavy (non-hydrogen) atoms. The largest absolute Gasteiger partial charge is 0.361 e. The van der Waals surface area contributed by atoms with Crippen molar-refractivity contribution in [2.24, 2.45) is 0 Å². The van der Waals surface area contributed by atoms with Crippen LogP contribution in [0.2, 0.25) is 0 Å². The molecule has 0 aliphatic rings. The molecule has 2 N–H and O–H groups in total. The summed E-state index contributed by atoms with van der Waals surface area (Å²) in [5.41, 5.74) is 1.91. The molecular weight excluding hydrogens is 352 g/mol. The highest BCUT2D eigenvalue weighted by molar-refractivity contribution is 9.10. The Morgan fingerprint density at radius 3 is 2.57 bits per heavy atom.